The third-order valence-electron chi connectivity index (χ3n) is 6.57. The predicted molar refractivity (Wildman–Crippen MR) is 155 cm³/mol. The highest BCUT2D eigenvalue weighted by Crippen LogP contribution is 2.36. The first kappa shape index (κ1) is 30.8. The van der Waals surface area contributed by atoms with Crippen molar-refractivity contribution in [2.45, 2.75) is 64.1 Å². The Bertz CT molecular complexity index is 1270. The number of hydrogen-bond donors (Lipinski definition) is 1. The number of rotatable bonds is 10. The Labute approximate surface area is 244 Å². The lowest BCUT2D eigenvalue weighted by atomic mass is 9.95. The van der Waals surface area contributed by atoms with Crippen LogP contribution >= 0.6 is 46.4 Å². The molecule has 0 saturated heterocycles. The number of benzene rings is 2. The molecule has 0 spiro atoms. The fraction of sp³-hybridized carbons (Fsp3) is 0.462. The summed E-state index contributed by atoms with van der Waals surface area (Å²) < 4.78 is 26.5. The van der Waals surface area contributed by atoms with Gasteiger partial charge in [0.2, 0.25) is 21.8 Å². The normalized spacial score (nSPS) is 15.1. The highest BCUT2D eigenvalue weighted by molar-refractivity contribution is 7.92. The molecule has 2 amide bonds. The molecule has 1 aliphatic rings. The summed E-state index contributed by atoms with van der Waals surface area (Å²) in [4.78, 5) is 28.7. The quantitative estimate of drug-likeness (QED) is 0.314. The first-order chi connectivity index (χ1) is 17.9. The van der Waals surface area contributed by atoms with Gasteiger partial charge in [-0.25, -0.2) is 8.42 Å². The molecule has 0 aromatic heterocycles. The highest BCUT2D eigenvalue weighted by Gasteiger charge is 2.33. The van der Waals surface area contributed by atoms with E-state index >= 15 is 0 Å². The summed E-state index contributed by atoms with van der Waals surface area (Å²) >= 11 is 24.9. The summed E-state index contributed by atoms with van der Waals surface area (Å²) in [6, 6.07) is 8.83. The lowest BCUT2D eigenvalue weighted by Crippen LogP contribution is -2.54. The van der Waals surface area contributed by atoms with Crippen LogP contribution in [0.3, 0.4) is 0 Å². The maximum absolute atomic E-state index is 13.8. The number of halogens is 4. The van der Waals surface area contributed by atoms with Crippen LogP contribution in [0.2, 0.25) is 20.1 Å². The van der Waals surface area contributed by atoms with Gasteiger partial charge in [0.05, 0.1) is 27.0 Å². The van der Waals surface area contributed by atoms with Gasteiger partial charge >= 0.3 is 0 Å². The Balaban J connectivity index is 1.97. The molecular formula is C26H31Cl4N3O4S. The molecule has 38 heavy (non-hydrogen) atoms. The van der Waals surface area contributed by atoms with Crippen LogP contribution in [0.25, 0.3) is 0 Å². The van der Waals surface area contributed by atoms with E-state index in [1.54, 1.807) is 24.3 Å². The molecule has 1 N–H and O–H groups in total. The van der Waals surface area contributed by atoms with Crippen LogP contribution in [0.15, 0.2) is 36.4 Å². The zero-order valence-corrected chi connectivity index (χ0v) is 25.1. The van der Waals surface area contributed by atoms with Crippen molar-refractivity contribution >= 4 is 73.9 Å². The monoisotopic (exact) mass is 621 g/mol. The van der Waals surface area contributed by atoms with E-state index < -0.39 is 28.5 Å². The van der Waals surface area contributed by atoms with Crippen molar-refractivity contribution in [3.8, 4) is 0 Å². The fourth-order valence-electron chi connectivity index (χ4n) is 4.57. The van der Waals surface area contributed by atoms with Gasteiger partial charge in [-0.05, 0) is 43.0 Å². The van der Waals surface area contributed by atoms with Gasteiger partial charge in [-0.1, -0.05) is 90.8 Å². The third kappa shape index (κ3) is 7.92. The van der Waals surface area contributed by atoms with Crippen LogP contribution in [0, 0.1) is 0 Å². The van der Waals surface area contributed by atoms with Crippen LogP contribution in [-0.2, 0) is 26.2 Å². The van der Waals surface area contributed by atoms with E-state index in [2.05, 4.69) is 5.32 Å². The van der Waals surface area contributed by atoms with Crippen molar-refractivity contribution < 1.29 is 18.0 Å². The summed E-state index contributed by atoms with van der Waals surface area (Å²) in [7, 11) is -3.98. The highest BCUT2D eigenvalue weighted by atomic mass is 35.5. The molecule has 3 rings (SSSR count). The van der Waals surface area contributed by atoms with Gasteiger partial charge in [-0.15, -0.1) is 0 Å². The van der Waals surface area contributed by atoms with Gasteiger partial charge < -0.3 is 10.2 Å². The number of nitrogens with zero attached hydrogens (tertiary/aromatic N) is 2. The lowest BCUT2D eigenvalue weighted by molar-refractivity contribution is -0.140. The van der Waals surface area contributed by atoms with Crippen molar-refractivity contribution in [2.24, 2.45) is 0 Å². The van der Waals surface area contributed by atoms with E-state index in [0.29, 0.717) is 17.0 Å². The first-order valence-corrected chi connectivity index (χ1v) is 15.7. The van der Waals surface area contributed by atoms with Gasteiger partial charge in [0.25, 0.3) is 0 Å². The minimum Gasteiger partial charge on any atom is -0.352 e. The maximum atomic E-state index is 13.8. The van der Waals surface area contributed by atoms with Crippen LogP contribution in [0.4, 0.5) is 5.69 Å². The molecule has 1 fully saturated rings. The summed E-state index contributed by atoms with van der Waals surface area (Å²) in [6.07, 6.45) is 6.27. The predicted octanol–water partition coefficient (Wildman–Crippen LogP) is 6.32. The SMILES string of the molecule is CC[C@H](C(=O)NC1CCCCC1)N(Cc1ccccc1Cl)C(=O)CN(c1cc(Cl)c(Cl)cc1Cl)S(C)(=O)=O. The van der Waals surface area contributed by atoms with E-state index in [9.17, 15) is 18.0 Å². The Morgan fingerprint density at radius 2 is 1.61 bits per heavy atom. The van der Waals surface area contributed by atoms with Crippen LogP contribution in [-0.4, -0.2) is 50.0 Å². The van der Waals surface area contributed by atoms with E-state index in [4.69, 9.17) is 46.4 Å². The molecular weight excluding hydrogens is 592 g/mol. The van der Waals surface area contributed by atoms with Gasteiger partial charge in [0.1, 0.15) is 12.6 Å². The molecule has 12 heteroatoms. The van der Waals surface area contributed by atoms with E-state index in [1.165, 1.54) is 17.0 Å². The number of amides is 2. The van der Waals surface area contributed by atoms with Crippen molar-refractivity contribution in [2.75, 3.05) is 17.1 Å². The number of anilines is 1. The number of hydrogen-bond acceptors (Lipinski definition) is 4. The molecule has 0 bridgehead atoms. The molecule has 0 heterocycles. The van der Waals surface area contributed by atoms with Crippen LogP contribution < -0.4 is 9.62 Å². The largest absolute Gasteiger partial charge is 0.352 e. The number of nitrogens with one attached hydrogen (secondary N) is 1. The zero-order chi connectivity index (χ0) is 28.0. The topological polar surface area (TPSA) is 86.8 Å². The molecule has 208 valence electrons. The third-order valence-corrected chi connectivity index (χ3v) is 9.09. The molecule has 0 aliphatic heterocycles. The van der Waals surface area contributed by atoms with E-state index in [-0.39, 0.29) is 39.2 Å². The average molecular weight is 623 g/mol. The molecule has 1 aliphatic carbocycles. The molecule has 0 radical (unpaired) electrons. The first-order valence-electron chi connectivity index (χ1n) is 12.4. The second-order valence-electron chi connectivity index (χ2n) is 9.37. The molecule has 7 nitrogen and oxygen atoms in total. The summed E-state index contributed by atoms with van der Waals surface area (Å²) in [5.41, 5.74) is 0.638. The van der Waals surface area contributed by atoms with Gasteiger partial charge in [-0.2, -0.15) is 0 Å². The number of carbonyl (C=O) groups is 2. The van der Waals surface area contributed by atoms with E-state index in [1.807, 2.05) is 6.92 Å². The Morgan fingerprint density at radius 3 is 2.21 bits per heavy atom. The molecule has 2 aromatic carbocycles. The number of carbonyl (C=O) groups excluding carboxylic acids is 2. The van der Waals surface area contributed by atoms with Gasteiger partial charge in [0, 0.05) is 17.6 Å². The van der Waals surface area contributed by atoms with Crippen LogP contribution in [0.1, 0.15) is 51.0 Å². The summed E-state index contributed by atoms with van der Waals surface area (Å²) in [6.45, 7) is 1.22. The van der Waals surface area contributed by atoms with Crippen LogP contribution in [0.5, 0.6) is 0 Å². The molecule has 1 saturated carbocycles. The minimum atomic E-state index is -3.98. The zero-order valence-electron chi connectivity index (χ0n) is 21.2. The smallest absolute Gasteiger partial charge is 0.244 e. The van der Waals surface area contributed by atoms with E-state index in [0.717, 1.165) is 42.7 Å². The lowest BCUT2D eigenvalue weighted by Gasteiger charge is -2.34. The van der Waals surface area contributed by atoms with Gasteiger partial charge in [-0.3, -0.25) is 13.9 Å². The van der Waals surface area contributed by atoms with Crippen molar-refractivity contribution in [1.82, 2.24) is 10.2 Å². The second-order valence-corrected chi connectivity index (χ2v) is 12.9. The minimum absolute atomic E-state index is 0.00863. The van der Waals surface area contributed by atoms with Crippen molar-refractivity contribution in [1.29, 1.82) is 0 Å². The standard InChI is InChI=1S/C26H31Cl4N3O4S/c1-3-23(26(35)31-18-10-5-4-6-11-18)32(15-17-9-7-8-12-19(17)27)25(34)16-33(38(2,36)37)24-14-21(29)20(28)13-22(24)30/h7-9,12-14,18,23H,3-6,10-11,15-16H2,1-2H3,(H,31,35)/t23-/m1/s1. The Kier molecular flexibility index (Phi) is 11.0. The van der Waals surface area contributed by atoms with Gasteiger partial charge in [0.15, 0.2) is 0 Å². The van der Waals surface area contributed by atoms with Crippen molar-refractivity contribution in [3.05, 3.63) is 62.1 Å². The molecule has 1 atom stereocenters. The Morgan fingerprint density at radius 1 is 0.974 bits per heavy atom. The molecule has 2 aromatic rings. The second kappa shape index (κ2) is 13.6. The van der Waals surface area contributed by atoms with Crippen molar-refractivity contribution in [3.63, 3.8) is 0 Å². The fourth-order valence-corrected chi connectivity index (χ4v) is 6.31. The average Bonchev–Trinajstić information content (AvgIpc) is 2.86. The molecule has 0 unspecified atom stereocenters. The maximum Gasteiger partial charge on any atom is 0.244 e. The Hall–Kier alpha value is -1.71. The number of sulfonamides is 1. The summed E-state index contributed by atoms with van der Waals surface area (Å²) in [5, 5.41) is 3.76. The summed E-state index contributed by atoms with van der Waals surface area (Å²) in [5.74, 6) is -0.874.